The topological polar surface area (TPSA) is 89.8 Å². The predicted octanol–water partition coefficient (Wildman–Crippen LogP) is 3.92. The lowest BCUT2D eigenvalue weighted by atomic mass is 10.0. The summed E-state index contributed by atoms with van der Waals surface area (Å²) < 4.78 is 25.6. The highest BCUT2D eigenvalue weighted by atomic mass is 32.2. The van der Waals surface area contributed by atoms with E-state index in [4.69, 9.17) is 10.1 Å². The third kappa shape index (κ3) is 4.44. The maximum Gasteiger partial charge on any atom is 0.175 e. The van der Waals surface area contributed by atoms with Crippen molar-refractivity contribution in [2.45, 2.75) is 24.3 Å². The molecule has 0 radical (unpaired) electrons. The summed E-state index contributed by atoms with van der Waals surface area (Å²) in [6.07, 6.45) is 6.12. The summed E-state index contributed by atoms with van der Waals surface area (Å²) in [5.41, 5.74) is 6.23. The van der Waals surface area contributed by atoms with Crippen molar-refractivity contribution in [2.24, 2.45) is 0 Å². The van der Waals surface area contributed by atoms with Crippen LogP contribution in [-0.4, -0.2) is 47.5 Å². The highest BCUT2D eigenvalue weighted by Gasteiger charge is 2.22. The normalized spacial score (nSPS) is 16.2. The van der Waals surface area contributed by atoms with E-state index in [1.54, 1.807) is 30.5 Å². The Morgan fingerprint density at radius 1 is 1.03 bits per heavy atom. The third-order valence-corrected chi connectivity index (χ3v) is 7.05. The molecule has 168 valence electrons. The Balaban J connectivity index is 1.59. The van der Waals surface area contributed by atoms with Crippen molar-refractivity contribution in [3.8, 4) is 33.8 Å². The van der Waals surface area contributed by atoms with E-state index in [0.717, 1.165) is 59.0 Å². The van der Waals surface area contributed by atoms with Gasteiger partial charge in [-0.25, -0.2) is 8.42 Å². The molecule has 1 atom stereocenters. The number of sulfone groups is 1. The molecule has 4 aromatic rings. The first kappa shape index (κ1) is 21.5. The molecule has 1 N–H and O–H groups in total. The first-order valence-corrected chi connectivity index (χ1v) is 12.8. The van der Waals surface area contributed by atoms with Crippen LogP contribution in [-0.2, 0) is 9.84 Å². The van der Waals surface area contributed by atoms with Crippen molar-refractivity contribution in [1.82, 2.24) is 25.1 Å². The van der Waals surface area contributed by atoms with E-state index >= 15 is 0 Å². The van der Waals surface area contributed by atoms with Gasteiger partial charge in [-0.2, -0.15) is 5.10 Å². The molecule has 0 bridgehead atoms. The van der Waals surface area contributed by atoms with Crippen LogP contribution < -0.4 is 5.32 Å². The maximum absolute atomic E-state index is 11.8. The van der Waals surface area contributed by atoms with Crippen molar-refractivity contribution < 1.29 is 8.42 Å². The fourth-order valence-corrected chi connectivity index (χ4v) is 4.78. The average molecular weight is 460 g/mol. The Morgan fingerprint density at radius 3 is 2.55 bits per heavy atom. The average Bonchev–Trinajstić information content (AvgIpc) is 3.49. The fraction of sp³-hybridized carbons (Fsp3) is 0.240. The van der Waals surface area contributed by atoms with Gasteiger partial charge < -0.3 is 5.32 Å². The molecule has 0 amide bonds. The van der Waals surface area contributed by atoms with Crippen LogP contribution in [0, 0.1) is 6.92 Å². The Morgan fingerprint density at radius 2 is 1.85 bits per heavy atom. The van der Waals surface area contributed by atoms with Gasteiger partial charge in [-0.15, -0.1) is 0 Å². The van der Waals surface area contributed by atoms with E-state index in [2.05, 4.69) is 21.2 Å². The minimum absolute atomic E-state index is 0.293. The van der Waals surface area contributed by atoms with E-state index in [9.17, 15) is 8.42 Å². The van der Waals surface area contributed by atoms with Crippen molar-refractivity contribution in [3.63, 3.8) is 0 Å². The van der Waals surface area contributed by atoms with Crippen molar-refractivity contribution in [2.75, 3.05) is 19.3 Å². The van der Waals surface area contributed by atoms with Crippen LogP contribution in [0.5, 0.6) is 0 Å². The molecule has 4 heterocycles. The molecule has 0 spiro atoms. The smallest absolute Gasteiger partial charge is 0.175 e. The zero-order valence-electron chi connectivity index (χ0n) is 18.6. The van der Waals surface area contributed by atoms with Crippen molar-refractivity contribution in [3.05, 3.63) is 72.7 Å². The Hall–Kier alpha value is -3.36. The molecule has 0 saturated carbocycles. The Labute approximate surface area is 193 Å². The van der Waals surface area contributed by atoms with E-state index in [1.807, 2.05) is 37.3 Å². The second-order valence-corrected chi connectivity index (χ2v) is 10.4. The van der Waals surface area contributed by atoms with Crippen LogP contribution in [0.1, 0.15) is 18.2 Å². The van der Waals surface area contributed by atoms with Crippen molar-refractivity contribution in [1.29, 1.82) is 0 Å². The number of nitrogens with zero attached hydrogens (tertiary/aromatic N) is 4. The third-order valence-electron chi connectivity index (χ3n) is 5.92. The standard InChI is InChI=1S/C25H25N5O2S/c1-17-4-3-5-23(28-17)25-22(16-30(29-25)20-11-12-26-15-20)19-10-13-27-24(14-19)18-6-8-21(9-7-18)33(2,31)32/h3-10,13-14,16,20,26H,11-12,15H2,1-2H3/t20-/m1/s1. The van der Waals surface area contributed by atoms with Crippen LogP contribution in [0.4, 0.5) is 0 Å². The largest absolute Gasteiger partial charge is 0.315 e. The lowest BCUT2D eigenvalue weighted by molar-refractivity contribution is 0.492. The number of rotatable bonds is 5. The van der Waals surface area contributed by atoms with E-state index in [1.165, 1.54) is 6.26 Å². The van der Waals surface area contributed by atoms with Gasteiger partial charge in [0, 0.05) is 42.0 Å². The molecule has 1 aliphatic rings. The predicted molar refractivity (Wildman–Crippen MR) is 128 cm³/mol. The number of hydrogen-bond acceptors (Lipinski definition) is 6. The molecule has 33 heavy (non-hydrogen) atoms. The van der Waals surface area contributed by atoms with E-state index < -0.39 is 9.84 Å². The molecule has 3 aromatic heterocycles. The van der Waals surface area contributed by atoms with Gasteiger partial charge in [0.15, 0.2) is 9.84 Å². The number of pyridine rings is 2. The van der Waals surface area contributed by atoms with Crippen LogP contribution in [0.25, 0.3) is 33.8 Å². The molecule has 5 rings (SSSR count). The van der Waals surface area contributed by atoms with Crippen LogP contribution in [0.15, 0.2) is 71.9 Å². The quantitative estimate of drug-likeness (QED) is 0.487. The zero-order chi connectivity index (χ0) is 23.0. The monoisotopic (exact) mass is 459 g/mol. The summed E-state index contributed by atoms with van der Waals surface area (Å²) in [4.78, 5) is 9.54. The lowest BCUT2D eigenvalue weighted by Gasteiger charge is -2.08. The van der Waals surface area contributed by atoms with Gasteiger partial charge in [0.05, 0.1) is 22.3 Å². The molecule has 0 unspecified atom stereocenters. The minimum Gasteiger partial charge on any atom is -0.315 e. The van der Waals surface area contributed by atoms with Gasteiger partial charge in [-0.05, 0) is 61.9 Å². The molecule has 1 aromatic carbocycles. The van der Waals surface area contributed by atoms with Gasteiger partial charge in [0.1, 0.15) is 5.69 Å². The highest BCUT2D eigenvalue weighted by molar-refractivity contribution is 7.90. The number of nitrogens with one attached hydrogen (secondary N) is 1. The van der Waals surface area contributed by atoms with E-state index in [0.29, 0.717) is 10.9 Å². The molecule has 1 aliphatic heterocycles. The lowest BCUT2D eigenvalue weighted by Crippen LogP contribution is -2.13. The summed E-state index contributed by atoms with van der Waals surface area (Å²) in [5.74, 6) is 0. The van der Waals surface area contributed by atoms with Crippen LogP contribution in [0.2, 0.25) is 0 Å². The van der Waals surface area contributed by atoms with E-state index in [-0.39, 0.29) is 0 Å². The second kappa shape index (κ2) is 8.53. The first-order chi connectivity index (χ1) is 15.9. The zero-order valence-corrected chi connectivity index (χ0v) is 19.4. The minimum atomic E-state index is -3.24. The van der Waals surface area contributed by atoms with Gasteiger partial charge in [-0.1, -0.05) is 18.2 Å². The second-order valence-electron chi connectivity index (χ2n) is 8.41. The summed E-state index contributed by atoms with van der Waals surface area (Å²) in [5, 5.41) is 8.35. The number of hydrogen-bond donors (Lipinski definition) is 1. The SMILES string of the molecule is Cc1cccc(-c2nn([C@@H]3CCNC3)cc2-c2ccnc(-c3ccc(S(C)(=O)=O)cc3)c2)n1. The van der Waals surface area contributed by atoms with Gasteiger partial charge >= 0.3 is 0 Å². The molecule has 0 aliphatic carbocycles. The Kier molecular flexibility index (Phi) is 5.55. The molecule has 1 fully saturated rings. The molecule has 1 saturated heterocycles. The number of aromatic nitrogens is 4. The van der Waals surface area contributed by atoms with Gasteiger partial charge in [0.25, 0.3) is 0 Å². The first-order valence-electron chi connectivity index (χ1n) is 10.9. The van der Waals surface area contributed by atoms with Gasteiger partial charge in [0.2, 0.25) is 0 Å². The summed E-state index contributed by atoms with van der Waals surface area (Å²) in [6.45, 7) is 3.86. The highest BCUT2D eigenvalue weighted by Crippen LogP contribution is 2.33. The summed E-state index contributed by atoms with van der Waals surface area (Å²) >= 11 is 0. The molecular formula is C25H25N5O2S. The van der Waals surface area contributed by atoms with Crippen molar-refractivity contribution >= 4 is 9.84 Å². The number of benzene rings is 1. The van der Waals surface area contributed by atoms with Crippen LogP contribution >= 0.6 is 0 Å². The van der Waals surface area contributed by atoms with Gasteiger partial charge in [-0.3, -0.25) is 14.6 Å². The summed E-state index contributed by atoms with van der Waals surface area (Å²) in [7, 11) is -3.24. The van der Waals surface area contributed by atoms with Crippen LogP contribution in [0.3, 0.4) is 0 Å². The summed E-state index contributed by atoms with van der Waals surface area (Å²) in [6, 6.07) is 17.1. The Bertz CT molecular complexity index is 1410. The molecular weight excluding hydrogens is 434 g/mol. The maximum atomic E-state index is 11.8. The fourth-order valence-electron chi connectivity index (χ4n) is 4.15. The number of aryl methyl sites for hydroxylation is 1. The molecule has 7 nitrogen and oxygen atoms in total. The molecule has 8 heteroatoms.